The van der Waals surface area contributed by atoms with Crippen molar-refractivity contribution < 1.29 is 13.2 Å². The summed E-state index contributed by atoms with van der Waals surface area (Å²) < 4.78 is 40.0. The predicted molar refractivity (Wildman–Crippen MR) is 68.8 cm³/mol. The number of nitrogens with zero attached hydrogens (tertiary/aromatic N) is 2. The standard InChI is InChI=1S/C14H14F3N3/c15-14(16,17)10-4-1-3-9(7-10)11-8-20-12(18)5-2-6-13(20)19-11/h1,3-4,7-8,12H,2,5-6,18H2. The molecule has 0 spiro atoms. The number of alkyl halides is 3. The lowest BCUT2D eigenvalue weighted by atomic mass is 10.1. The second kappa shape index (κ2) is 4.63. The second-order valence-corrected chi connectivity index (χ2v) is 4.99. The molecule has 1 aliphatic heterocycles. The van der Waals surface area contributed by atoms with Crippen molar-refractivity contribution >= 4 is 0 Å². The molecule has 1 aliphatic rings. The molecular weight excluding hydrogens is 267 g/mol. The molecule has 0 saturated heterocycles. The van der Waals surface area contributed by atoms with Crippen molar-refractivity contribution in [3.05, 3.63) is 41.9 Å². The third kappa shape index (κ3) is 2.31. The van der Waals surface area contributed by atoms with Gasteiger partial charge in [0.05, 0.1) is 17.4 Å². The van der Waals surface area contributed by atoms with Gasteiger partial charge in [-0.2, -0.15) is 13.2 Å². The Hall–Kier alpha value is -1.82. The van der Waals surface area contributed by atoms with Crippen molar-refractivity contribution in [2.24, 2.45) is 5.73 Å². The molecule has 0 aliphatic carbocycles. The van der Waals surface area contributed by atoms with E-state index in [9.17, 15) is 13.2 Å². The zero-order valence-corrected chi connectivity index (χ0v) is 10.7. The van der Waals surface area contributed by atoms with Crippen LogP contribution in [0.1, 0.15) is 30.4 Å². The number of benzene rings is 1. The van der Waals surface area contributed by atoms with Crippen molar-refractivity contribution in [2.45, 2.75) is 31.6 Å². The molecule has 0 bridgehead atoms. The van der Waals surface area contributed by atoms with Crippen LogP contribution in [-0.4, -0.2) is 9.55 Å². The van der Waals surface area contributed by atoms with Gasteiger partial charge in [0, 0.05) is 18.2 Å². The van der Waals surface area contributed by atoms with E-state index in [-0.39, 0.29) is 6.17 Å². The summed E-state index contributed by atoms with van der Waals surface area (Å²) >= 11 is 0. The molecule has 1 unspecified atom stereocenters. The van der Waals surface area contributed by atoms with Crippen molar-refractivity contribution in [2.75, 3.05) is 0 Å². The van der Waals surface area contributed by atoms with E-state index < -0.39 is 11.7 Å². The van der Waals surface area contributed by atoms with Crippen LogP contribution >= 0.6 is 0 Å². The Balaban J connectivity index is 2.02. The van der Waals surface area contributed by atoms with Crippen LogP contribution in [0.2, 0.25) is 0 Å². The summed E-state index contributed by atoms with van der Waals surface area (Å²) in [5.41, 5.74) is 6.33. The molecule has 2 aromatic rings. The number of hydrogen-bond donors (Lipinski definition) is 1. The minimum Gasteiger partial charge on any atom is -0.318 e. The highest BCUT2D eigenvalue weighted by atomic mass is 19.4. The zero-order valence-electron chi connectivity index (χ0n) is 10.7. The average Bonchev–Trinajstić information content (AvgIpc) is 2.83. The van der Waals surface area contributed by atoms with E-state index >= 15 is 0 Å². The highest BCUT2D eigenvalue weighted by Crippen LogP contribution is 2.32. The van der Waals surface area contributed by atoms with Crippen molar-refractivity contribution in [1.82, 2.24) is 9.55 Å². The molecule has 2 heterocycles. The van der Waals surface area contributed by atoms with Gasteiger partial charge >= 0.3 is 6.18 Å². The predicted octanol–water partition coefficient (Wildman–Crippen LogP) is 3.36. The maximum absolute atomic E-state index is 12.7. The first-order chi connectivity index (χ1) is 9.45. The first-order valence-corrected chi connectivity index (χ1v) is 6.46. The van der Waals surface area contributed by atoms with Gasteiger partial charge in [-0.15, -0.1) is 0 Å². The highest BCUT2D eigenvalue weighted by molar-refractivity contribution is 5.60. The molecule has 1 aromatic carbocycles. The van der Waals surface area contributed by atoms with Gasteiger partial charge in [0.25, 0.3) is 0 Å². The lowest BCUT2D eigenvalue weighted by Crippen LogP contribution is -2.24. The summed E-state index contributed by atoms with van der Waals surface area (Å²) in [7, 11) is 0. The molecule has 0 radical (unpaired) electrons. The number of aryl methyl sites for hydroxylation is 1. The van der Waals surface area contributed by atoms with Crippen LogP contribution in [0, 0.1) is 0 Å². The molecule has 0 saturated carbocycles. The largest absolute Gasteiger partial charge is 0.416 e. The SMILES string of the molecule is NC1CCCc2nc(-c3cccc(C(F)(F)F)c3)cn21. The van der Waals surface area contributed by atoms with E-state index in [0.29, 0.717) is 11.3 Å². The number of fused-ring (bicyclic) bond motifs is 1. The van der Waals surface area contributed by atoms with Gasteiger partial charge in [-0.3, -0.25) is 0 Å². The monoisotopic (exact) mass is 281 g/mol. The number of halogens is 3. The lowest BCUT2D eigenvalue weighted by molar-refractivity contribution is -0.137. The molecule has 1 aromatic heterocycles. The van der Waals surface area contributed by atoms with Crippen LogP contribution < -0.4 is 5.73 Å². The topological polar surface area (TPSA) is 43.8 Å². The van der Waals surface area contributed by atoms with Crippen LogP contribution in [0.4, 0.5) is 13.2 Å². The molecule has 6 heteroatoms. The molecule has 3 rings (SSSR count). The van der Waals surface area contributed by atoms with Crippen molar-refractivity contribution in [3.63, 3.8) is 0 Å². The van der Waals surface area contributed by atoms with E-state index in [1.165, 1.54) is 6.07 Å². The van der Waals surface area contributed by atoms with E-state index in [0.717, 1.165) is 37.2 Å². The number of rotatable bonds is 1. The quantitative estimate of drug-likeness (QED) is 0.871. The summed E-state index contributed by atoms with van der Waals surface area (Å²) in [6.07, 6.45) is -0.0932. The minimum atomic E-state index is -4.34. The molecule has 0 amide bonds. The van der Waals surface area contributed by atoms with E-state index in [1.54, 1.807) is 12.3 Å². The van der Waals surface area contributed by atoms with Gasteiger partial charge < -0.3 is 10.3 Å². The van der Waals surface area contributed by atoms with Gasteiger partial charge in [-0.25, -0.2) is 4.98 Å². The van der Waals surface area contributed by atoms with E-state index in [1.807, 2.05) is 4.57 Å². The first-order valence-electron chi connectivity index (χ1n) is 6.46. The number of nitrogens with two attached hydrogens (primary N) is 1. The average molecular weight is 281 g/mol. The molecule has 106 valence electrons. The normalized spacial score (nSPS) is 18.9. The number of imidazole rings is 1. The van der Waals surface area contributed by atoms with Crippen LogP contribution in [0.15, 0.2) is 30.5 Å². The summed E-state index contributed by atoms with van der Waals surface area (Å²) in [5.74, 6) is 0.844. The van der Waals surface area contributed by atoms with Crippen molar-refractivity contribution in [1.29, 1.82) is 0 Å². The molecular formula is C14H14F3N3. The summed E-state index contributed by atoms with van der Waals surface area (Å²) in [6, 6.07) is 5.22. The highest BCUT2D eigenvalue weighted by Gasteiger charge is 2.30. The van der Waals surface area contributed by atoms with E-state index in [4.69, 9.17) is 5.73 Å². The Bertz CT molecular complexity index is 631. The fraction of sp³-hybridized carbons (Fsp3) is 0.357. The van der Waals surface area contributed by atoms with Crippen LogP contribution in [0.5, 0.6) is 0 Å². The minimum absolute atomic E-state index is 0.134. The zero-order chi connectivity index (χ0) is 14.3. The molecule has 0 fully saturated rings. The fourth-order valence-electron chi connectivity index (χ4n) is 2.51. The second-order valence-electron chi connectivity index (χ2n) is 4.99. The lowest BCUT2D eigenvalue weighted by Gasteiger charge is -2.20. The number of hydrogen-bond acceptors (Lipinski definition) is 2. The van der Waals surface area contributed by atoms with Gasteiger partial charge in [-0.1, -0.05) is 12.1 Å². The summed E-state index contributed by atoms with van der Waals surface area (Å²) in [5, 5.41) is 0. The Morgan fingerprint density at radius 2 is 2.10 bits per heavy atom. The van der Waals surface area contributed by atoms with Gasteiger partial charge in [0.15, 0.2) is 0 Å². The van der Waals surface area contributed by atoms with Crippen LogP contribution in [-0.2, 0) is 12.6 Å². The maximum atomic E-state index is 12.7. The molecule has 3 nitrogen and oxygen atoms in total. The Labute approximate surface area is 114 Å². The van der Waals surface area contributed by atoms with Gasteiger partial charge in [-0.05, 0) is 25.0 Å². The molecule has 20 heavy (non-hydrogen) atoms. The third-order valence-corrected chi connectivity index (χ3v) is 3.55. The van der Waals surface area contributed by atoms with Crippen LogP contribution in [0.3, 0.4) is 0 Å². The summed E-state index contributed by atoms with van der Waals surface area (Å²) in [6.45, 7) is 0. The molecule has 2 N–H and O–H groups in total. The Morgan fingerprint density at radius 3 is 2.80 bits per heavy atom. The third-order valence-electron chi connectivity index (χ3n) is 3.55. The van der Waals surface area contributed by atoms with E-state index in [2.05, 4.69) is 4.98 Å². The Morgan fingerprint density at radius 1 is 1.30 bits per heavy atom. The van der Waals surface area contributed by atoms with Crippen molar-refractivity contribution in [3.8, 4) is 11.3 Å². The smallest absolute Gasteiger partial charge is 0.318 e. The van der Waals surface area contributed by atoms with Gasteiger partial charge in [0.2, 0.25) is 0 Å². The Kier molecular flexibility index (Phi) is 3.05. The first kappa shape index (κ1) is 13.2. The fourth-order valence-corrected chi connectivity index (χ4v) is 2.51. The van der Waals surface area contributed by atoms with Crippen LogP contribution in [0.25, 0.3) is 11.3 Å². The molecule has 1 atom stereocenters. The number of aromatic nitrogens is 2. The van der Waals surface area contributed by atoms with Gasteiger partial charge in [0.1, 0.15) is 5.82 Å². The maximum Gasteiger partial charge on any atom is 0.416 e. The summed E-state index contributed by atoms with van der Waals surface area (Å²) in [4.78, 5) is 4.41.